The molecule has 0 aromatic carbocycles. The molecule has 3 amide bonds. The Morgan fingerprint density at radius 2 is 2.05 bits per heavy atom. The lowest BCUT2D eigenvalue weighted by Crippen LogP contribution is -2.55. The fourth-order valence-electron chi connectivity index (χ4n) is 1.74. The van der Waals surface area contributed by atoms with Gasteiger partial charge in [-0.05, 0) is 40.2 Å². The number of nitrogens with two attached hydrogens (primary N) is 1. The van der Waals surface area contributed by atoms with Crippen LogP contribution in [0.4, 0.5) is 4.79 Å². The van der Waals surface area contributed by atoms with E-state index in [1.54, 1.807) is 20.8 Å². The molecule has 1 rings (SSSR count). The van der Waals surface area contributed by atoms with Crippen LogP contribution in [0.15, 0.2) is 0 Å². The van der Waals surface area contributed by atoms with Gasteiger partial charge in [-0.25, -0.2) is 9.80 Å². The van der Waals surface area contributed by atoms with Crippen LogP contribution in [-0.2, 0) is 14.3 Å². The van der Waals surface area contributed by atoms with Crippen LogP contribution in [0.2, 0.25) is 0 Å². The predicted octanol–water partition coefficient (Wildman–Crippen LogP) is -0.508. The van der Waals surface area contributed by atoms with E-state index in [0.717, 1.165) is 18.0 Å². The first-order valence-electron chi connectivity index (χ1n) is 6.52. The van der Waals surface area contributed by atoms with Gasteiger partial charge >= 0.3 is 6.09 Å². The van der Waals surface area contributed by atoms with E-state index < -0.39 is 24.1 Å². The second-order valence-corrected chi connectivity index (χ2v) is 5.66. The van der Waals surface area contributed by atoms with Gasteiger partial charge < -0.3 is 15.8 Å². The largest absolute Gasteiger partial charge is 0.442 e. The molecule has 8 heteroatoms. The Kier molecular flexibility index (Phi) is 5.32. The molecule has 1 saturated heterocycles. The van der Waals surface area contributed by atoms with Gasteiger partial charge in [0, 0.05) is 0 Å². The Hall–Kier alpha value is -1.83. The number of carbonyl (C=O) groups excluding carboxylic acids is 3. The molecular weight excluding hydrogens is 264 g/mol. The van der Waals surface area contributed by atoms with Crippen molar-refractivity contribution in [2.45, 2.75) is 45.3 Å². The smallest absolute Gasteiger partial charge is 0.429 e. The molecule has 0 aromatic heterocycles. The first kappa shape index (κ1) is 16.2. The normalized spacial score (nSPS) is 18.4. The van der Waals surface area contributed by atoms with Crippen LogP contribution >= 0.6 is 0 Å². The maximum atomic E-state index is 11.9. The molecule has 1 fully saturated rings. The average Bonchev–Trinajstić information content (AvgIpc) is 2.78. The minimum Gasteiger partial charge on any atom is -0.442 e. The predicted molar refractivity (Wildman–Crippen MR) is 71.3 cm³/mol. The third-order valence-corrected chi connectivity index (χ3v) is 2.55. The summed E-state index contributed by atoms with van der Waals surface area (Å²) in [6.07, 6.45) is 0.757. The molecule has 0 spiro atoms. The zero-order valence-corrected chi connectivity index (χ0v) is 12.1. The quantitative estimate of drug-likeness (QED) is 0.605. The lowest BCUT2D eigenvalue weighted by atomic mass is 10.2. The van der Waals surface area contributed by atoms with Crippen molar-refractivity contribution < 1.29 is 19.1 Å². The van der Waals surface area contributed by atoms with E-state index in [0.29, 0.717) is 6.42 Å². The molecule has 0 radical (unpaired) electrons. The minimum atomic E-state index is -0.817. The molecule has 1 aliphatic heterocycles. The van der Waals surface area contributed by atoms with E-state index in [1.807, 2.05) is 0 Å². The molecule has 1 aliphatic rings. The monoisotopic (exact) mass is 286 g/mol. The Bertz CT molecular complexity index is 385. The van der Waals surface area contributed by atoms with Gasteiger partial charge in [-0.2, -0.15) is 0 Å². The van der Waals surface area contributed by atoms with Gasteiger partial charge in [-0.1, -0.05) is 0 Å². The molecule has 0 bridgehead atoms. The zero-order chi connectivity index (χ0) is 15.3. The summed E-state index contributed by atoms with van der Waals surface area (Å²) in [4.78, 5) is 34.8. The van der Waals surface area contributed by atoms with Crippen molar-refractivity contribution in [3.05, 3.63) is 0 Å². The summed E-state index contributed by atoms with van der Waals surface area (Å²) in [5.74, 6) is -1.12. The van der Waals surface area contributed by atoms with E-state index in [9.17, 15) is 14.4 Å². The van der Waals surface area contributed by atoms with E-state index in [-0.39, 0.29) is 11.9 Å². The van der Waals surface area contributed by atoms with Crippen LogP contribution in [0.25, 0.3) is 0 Å². The fourth-order valence-corrected chi connectivity index (χ4v) is 1.74. The summed E-state index contributed by atoms with van der Waals surface area (Å²) >= 11 is 0. The minimum absolute atomic E-state index is 0.368. The van der Waals surface area contributed by atoms with Crippen LogP contribution in [0.1, 0.15) is 33.6 Å². The number of carbonyl (C=O) groups is 3. The first-order chi connectivity index (χ1) is 9.19. The van der Waals surface area contributed by atoms with Crippen molar-refractivity contribution in [1.29, 1.82) is 0 Å². The van der Waals surface area contributed by atoms with Gasteiger partial charge in [-0.15, -0.1) is 0 Å². The first-order valence-corrected chi connectivity index (χ1v) is 6.52. The molecule has 0 aliphatic carbocycles. The SMILES string of the molecule is CC(C)(C)OC(=O)N(CC(N)=O)NC(=O)[C@@H]1CCCN1. The highest BCUT2D eigenvalue weighted by molar-refractivity contribution is 5.86. The number of nitrogens with one attached hydrogen (secondary N) is 2. The van der Waals surface area contributed by atoms with Crippen molar-refractivity contribution in [3.8, 4) is 0 Å². The van der Waals surface area contributed by atoms with Crippen LogP contribution in [-0.4, -0.2) is 47.6 Å². The van der Waals surface area contributed by atoms with Crippen molar-refractivity contribution >= 4 is 17.9 Å². The third-order valence-electron chi connectivity index (χ3n) is 2.55. The van der Waals surface area contributed by atoms with E-state index in [1.165, 1.54) is 0 Å². The Morgan fingerprint density at radius 1 is 1.40 bits per heavy atom. The second-order valence-electron chi connectivity index (χ2n) is 5.66. The Labute approximate surface area is 118 Å². The fraction of sp³-hybridized carbons (Fsp3) is 0.750. The highest BCUT2D eigenvalue weighted by Crippen LogP contribution is 2.10. The summed E-state index contributed by atoms with van der Waals surface area (Å²) < 4.78 is 5.11. The van der Waals surface area contributed by atoms with Crippen LogP contribution in [0, 0.1) is 0 Å². The topological polar surface area (TPSA) is 114 Å². The molecule has 0 aromatic rings. The number of ether oxygens (including phenoxy) is 1. The van der Waals surface area contributed by atoms with Crippen molar-refractivity contribution in [2.24, 2.45) is 5.73 Å². The summed E-state index contributed by atoms with van der Waals surface area (Å²) in [5, 5.41) is 3.80. The molecule has 1 heterocycles. The average molecular weight is 286 g/mol. The number of primary amides is 1. The lowest BCUT2D eigenvalue weighted by Gasteiger charge is -2.27. The highest BCUT2D eigenvalue weighted by atomic mass is 16.6. The van der Waals surface area contributed by atoms with Gasteiger partial charge in [0.25, 0.3) is 5.91 Å². The van der Waals surface area contributed by atoms with Gasteiger partial charge in [0.15, 0.2) is 0 Å². The zero-order valence-electron chi connectivity index (χ0n) is 12.1. The van der Waals surface area contributed by atoms with Crippen molar-refractivity contribution in [2.75, 3.05) is 13.1 Å². The summed E-state index contributed by atoms with van der Waals surface area (Å²) in [6, 6.07) is -0.368. The molecule has 4 N–H and O–H groups in total. The standard InChI is InChI=1S/C12H22N4O4/c1-12(2,3)20-11(19)16(7-9(13)17)15-10(18)8-5-4-6-14-8/h8,14H,4-7H2,1-3H3,(H2,13,17)(H,15,18)/t8-/m0/s1. The summed E-state index contributed by atoms with van der Waals surface area (Å²) in [7, 11) is 0. The molecule has 0 unspecified atom stereocenters. The number of hydrogen-bond acceptors (Lipinski definition) is 5. The van der Waals surface area contributed by atoms with Crippen molar-refractivity contribution in [3.63, 3.8) is 0 Å². The number of hydrazine groups is 1. The van der Waals surface area contributed by atoms with E-state index in [2.05, 4.69) is 10.7 Å². The van der Waals surface area contributed by atoms with Crippen LogP contribution < -0.4 is 16.5 Å². The molecule has 114 valence electrons. The van der Waals surface area contributed by atoms with Gasteiger partial charge in [0.2, 0.25) is 5.91 Å². The number of rotatable bonds is 3. The third kappa shape index (κ3) is 5.43. The van der Waals surface area contributed by atoms with Gasteiger partial charge in [0.05, 0.1) is 6.04 Å². The van der Waals surface area contributed by atoms with Gasteiger partial charge in [0.1, 0.15) is 12.1 Å². The maximum Gasteiger partial charge on any atom is 0.429 e. The second kappa shape index (κ2) is 6.56. The van der Waals surface area contributed by atoms with E-state index >= 15 is 0 Å². The molecule has 0 saturated carbocycles. The van der Waals surface area contributed by atoms with E-state index in [4.69, 9.17) is 10.5 Å². The molecule has 20 heavy (non-hydrogen) atoms. The Morgan fingerprint density at radius 3 is 2.50 bits per heavy atom. The van der Waals surface area contributed by atoms with Gasteiger partial charge in [-0.3, -0.25) is 15.0 Å². The lowest BCUT2D eigenvalue weighted by molar-refractivity contribution is -0.129. The van der Waals surface area contributed by atoms with Crippen molar-refractivity contribution in [1.82, 2.24) is 15.8 Å². The molecule has 1 atom stereocenters. The number of amides is 3. The highest BCUT2D eigenvalue weighted by Gasteiger charge is 2.28. The maximum absolute atomic E-state index is 11.9. The van der Waals surface area contributed by atoms with Crippen LogP contribution in [0.3, 0.4) is 0 Å². The number of nitrogens with zero attached hydrogens (tertiary/aromatic N) is 1. The summed E-state index contributed by atoms with van der Waals surface area (Å²) in [5.41, 5.74) is 6.71. The summed E-state index contributed by atoms with van der Waals surface area (Å²) in [6.45, 7) is 5.38. The van der Waals surface area contributed by atoms with Crippen LogP contribution in [0.5, 0.6) is 0 Å². The molecule has 8 nitrogen and oxygen atoms in total. The Balaban J connectivity index is 2.65. The number of hydrogen-bond donors (Lipinski definition) is 3. The molecular formula is C12H22N4O4.